The molecule has 2 atom stereocenters. The molecule has 2 amide bonds. The smallest absolute Gasteiger partial charge is 0.261 e. The molecule has 1 N–H and O–H groups in total. The maximum Gasteiger partial charge on any atom is 0.261 e. The van der Waals surface area contributed by atoms with Crippen LogP contribution >= 0.6 is 15.9 Å². The Hall–Kier alpha value is -2.34. The second-order valence-corrected chi connectivity index (χ2v) is 8.06. The Labute approximate surface area is 181 Å². The van der Waals surface area contributed by atoms with Crippen molar-refractivity contribution in [2.45, 2.75) is 52.7 Å². The molecule has 0 aliphatic heterocycles. The predicted octanol–water partition coefficient (Wildman–Crippen LogP) is 4.47. The highest BCUT2D eigenvalue weighted by Crippen LogP contribution is 2.21. The molecule has 29 heavy (non-hydrogen) atoms. The lowest BCUT2D eigenvalue weighted by Crippen LogP contribution is -2.50. The van der Waals surface area contributed by atoms with Gasteiger partial charge in [-0.1, -0.05) is 53.2 Å². The van der Waals surface area contributed by atoms with Gasteiger partial charge < -0.3 is 15.0 Å². The Balaban J connectivity index is 2.12. The summed E-state index contributed by atoms with van der Waals surface area (Å²) in [6.45, 7) is 7.89. The van der Waals surface area contributed by atoms with E-state index in [0.717, 1.165) is 22.0 Å². The van der Waals surface area contributed by atoms with Crippen molar-refractivity contribution in [1.82, 2.24) is 10.2 Å². The number of nitrogens with zero attached hydrogens (tertiary/aromatic N) is 1. The summed E-state index contributed by atoms with van der Waals surface area (Å²) in [7, 11) is 0. The van der Waals surface area contributed by atoms with E-state index in [1.165, 1.54) is 0 Å². The fraction of sp³-hybridized carbons (Fsp3) is 0.391. The first-order chi connectivity index (χ1) is 13.8. The van der Waals surface area contributed by atoms with Crippen molar-refractivity contribution < 1.29 is 14.3 Å². The van der Waals surface area contributed by atoms with Gasteiger partial charge in [-0.15, -0.1) is 0 Å². The van der Waals surface area contributed by atoms with E-state index in [1.807, 2.05) is 69.3 Å². The van der Waals surface area contributed by atoms with Crippen LogP contribution in [0.5, 0.6) is 5.75 Å². The number of amides is 2. The zero-order valence-electron chi connectivity index (χ0n) is 17.4. The van der Waals surface area contributed by atoms with Gasteiger partial charge in [0.05, 0.1) is 0 Å². The molecule has 0 unspecified atom stereocenters. The van der Waals surface area contributed by atoms with Gasteiger partial charge in [0.1, 0.15) is 11.8 Å². The molecular formula is C23H29BrN2O3. The number of hydrogen-bond donors (Lipinski definition) is 1. The van der Waals surface area contributed by atoms with E-state index in [9.17, 15) is 9.59 Å². The monoisotopic (exact) mass is 460 g/mol. The highest BCUT2D eigenvalue weighted by Gasteiger charge is 2.27. The molecule has 5 nitrogen and oxygen atoms in total. The van der Waals surface area contributed by atoms with Crippen LogP contribution in [0.15, 0.2) is 53.0 Å². The third-order valence-corrected chi connectivity index (χ3v) is 5.75. The van der Waals surface area contributed by atoms with Crippen LogP contribution in [0.1, 0.15) is 38.3 Å². The lowest BCUT2D eigenvalue weighted by Gasteiger charge is -2.29. The van der Waals surface area contributed by atoms with E-state index >= 15 is 0 Å². The molecule has 2 aromatic carbocycles. The largest absolute Gasteiger partial charge is 0.484 e. The normalized spacial score (nSPS) is 12.7. The summed E-state index contributed by atoms with van der Waals surface area (Å²) in [4.78, 5) is 27.2. The fourth-order valence-electron chi connectivity index (χ4n) is 2.76. The van der Waals surface area contributed by atoms with Crippen LogP contribution in [-0.4, -0.2) is 35.4 Å². The van der Waals surface area contributed by atoms with Crippen molar-refractivity contribution in [3.63, 3.8) is 0 Å². The molecule has 0 aliphatic rings. The molecule has 0 heterocycles. The van der Waals surface area contributed by atoms with Gasteiger partial charge in [-0.2, -0.15) is 0 Å². The van der Waals surface area contributed by atoms with E-state index in [2.05, 4.69) is 21.2 Å². The van der Waals surface area contributed by atoms with Crippen molar-refractivity contribution in [1.29, 1.82) is 0 Å². The number of carbonyl (C=O) groups excluding carboxylic acids is 2. The summed E-state index contributed by atoms with van der Waals surface area (Å²) in [6, 6.07) is 14.7. The molecule has 0 fully saturated rings. The van der Waals surface area contributed by atoms with Gasteiger partial charge in [0, 0.05) is 17.1 Å². The first-order valence-electron chi connectivity index (χ1n) is 9.84. The predicted molar refractivity (Wildman–Crippen MR) is 119 cm³/mol. The summed E-state index contributed by atoms with van der Waals surface area (Å²) >= 11 is 3.45. The van der Waals surface area contributed by atoms with Gasteiger partial charge in [0.2, 0.25) is 5.91 Å². The third-order valence-electron chi connectivity index (χ3n) is 4.86. The van der Waals surface area contributed by atoms with Gasteiger partial charge in [-0.25, -0.2) is 0 Å². The Bertz CT molecular complexity index is 826. The van der Waals surface area contributed by atoms with E-state index < -0.39 is 6.04 Å². The lowest BCUT2D eigenvalue weighted by molar-refractivity contribution is -0.142. The maximum absolute atomic E-state index is 13.0. The standard InChI is InChI=1S/C23H29BrN2O3/c1-5-17(3)25-23(28)18(4)26(14-19-9-7-6-8-10-19)22(27)15-29-20-11-12-21(24)16(2)13-20/h6-13,17-18H,5,14-15H2,1-4H3,(H,25,28)/t17-,18-/m0/s1. The molecule has 0 spiro atoms. The number of rotatable bonds is 9. The van der Waals surface area contributed by atoms with Crippen molar-refractivity contribution in [2.24, 2.45) is 0 Å². The molecule has 2 aromatic rings. The molecule has 0 radical (unpaired) electrons. The minimum Gasteiger partial charge on any atom is -0.484 e. The van der Waals surface area contributed by atoms with Crippen LogP contribution in [-0.2, 0) is 16.1 Å². The van der Waals surface area contributed by atoms with Crippen LogP contribution in [0.4, 0.5) is 0 Å². The summed E-state index contributed by atoms with van der Waals surface area (Å²) < 4.78 is 6.69. The Morgan fingerprint density at radius 3 is 2.45 bits per heavy atom. The topological polar surface area (TPSA) is 58.6 Å². The zero-order chi connectivity index (χ0) is 21.4. The molecule has 0 saturated heterocycles. The molecule has 0 bridgehead atoms. The quantitative estimate of drug-likeness (QED) is 0.600. The van der Waals surface area contributed by atoms with Crippen LogP contribution < -0.4 is 10.1 Å². The van der Waals surface area contributed by atoms with Crippen molar-refractivity contribution >= 4 is 27.7 Å². The first-order valence-corrected chi connectivity index (χ1v) is 10.6. The minimum atomic E-state index is -0.605. The van der Waals surface area contributed by atoms with E-state index in [0.29, 0.717) is 12.3 Å². The Kier molecular flexibility index (Phi) is 8.70. The third kappa shape index (κ3) is 6.89. The minimum absolute atomic E-state index is 0.0561. The van der Waals surface area contributed by atoms with Crippen LogP contribution in [0.2, 0.25) is 0 Å². The van der Waals surface area contributed by atoms with Gasteiger partial charge in [-0.05, 0) is 56.5 Å². The van der Waals surface area contributed by atoms with Gasteiger partial charge in [0.25, 0.3) is 5.91 Å². The number of benzene rings is 2. The summed E-state index contributed by atoms with van der Waals surface area (Å²) in [5, 5.41) is 2.96. The van der Waals surface area contributed by atoms with E-state index in [4.69, 9.17) is 4.74 Å². The van der Waals surface area contributed by atoms with Gasteiger partial charge in [0.15, 0.2) is 6.61 Å². The average Bonchev–Trinajstić information content (AvgIpc) is 2.72. The lowest BCUT2D eigenvalue weighted by atomic mass is 10.1. The number of halogens is 1. The van der Waals surface area contributed by atoms with Gasteiger partial charge in [-0.3, -0.25) is 9.59 Å². The molecule has 6 heteroatoms. The van der Waals surface area contributed by atoms with Crippen LogP contribution in [0.3, 0.4) is 0 Å². The van der Waals surface area contributed by atoms with Crippen LogP contribution in [0, 0.1) is 6.92 Å². The zero-order valence-corrected chi connectivity index (χ0v) is 19.0. The average molecular weight is 461 g/mol. The Morgan fingerprint density at radius 2 is 1.83 bits per heavy atom. The Morgan fingerprint density at radius 1 is 1.14 bits per heavy atom. The highest BCUT2D eigenvalue weighted by atomic mass is 79.9. The summed E-state index contributed by atoms with van der Waals surface area (Å²) in [5.41, 5.74) is 1.99. The molecule has 0 saturated carbocycles. The molecular weight excluding hydrogens is 432 g/mol. The second kappa shape index (κ2) is 11.0. The fourth-order valence-corrected chi connectivity index (χ4v) is 3.01. The first kappa shape index (κ1) is 22.9. The molecule has 0 aromatic heterocycles. The van der Waals surface area contributed by atoms with Crippen LogP contribution in [0.25, 0.3) is 0 Å². The highest BCUT2D eigenvalue weighted by molar-refractivity contribution is 9.10. The van der Waals surface area contributed by atoms with Crippen molar-refractivity contribution in [3.8, 4) is 5.75 Å². The second-order valence-electron chi connectivity index (χ2n) is 7.20. The number of hydrogen-bond acceptors (Lipinski definition) is 3. The molecule has 0 aliphatic carbocycles. The number of aryl methyl sites for hydroxylation is 1. The SMILES string of the molecule is CC[C@H](C)NC(=O)[C@H](C)N(Cc1ccccc1)C(=O)COc1ccc(Br)c(C)c1. The van der Waals surface area contributed by atoms with E-state index in [1.54, 1.807) is 11.8 Å². The van der Waals surface area contributed by atoms with E-state index in [-0.39, 0.29) is 24.5 Å². The van der Waals surface area contributed by atoms with Crippen molar-refractivity contribution in [2.75, 3.05) is 6.61 Å². The maximum atomic E-state index is 13.0. The van der Waals surface area contributed by atoms with Gasteiger partial charge >= 0.3 is 0 Å². The number of carbonyl (C=O) groups is 2. The number of ether oxygens (including phenoxy) is 1. The summed E-state index contributed by atoms with van der Waals surface area (Å²) in [5.74, 6) is 0.222. The molecule has 156 valence electrons. The summed E-state index contributed by atoms with van der Waals surface area (Å²) in [6.07, 6.45) is 0.830. The molecule has 2 rings (SSSR count). The number of nitrogens with one attached hydrogen (secondary N) is 1. The van der Waals surface area contributed by atoms with Crippen molar-refractivity contribution in [3.05, 3.63) is 64.1 Å².